The Morgan fingerprint density at radius 1 is 1.14 bits per heavy atom. The van der Waals surface area contributed by atoms with Crippen molar-refractivity contribution in [3.8, 4) is 28.7 Å². The Morgan fingerprint density at radius 3 is 2.68 bits per heavy atom. The second kappa shape index (κ2) is 13.9. The molecule has 1 aliphatic rings. The Kier molecular flexibility index (Phi) is 9.78. The largest absolute Gasteiger partial charge is 0.488 e. The monoisotopic (exact) mass is 613 g/mol. The molecule has 5 rings (SSSR count). The first kappa shape index (κ1) is 31.0. The molecule has 2 N–H and O–H groups in total. The number of pyridine rings is 1. The normalized spacial score (nSPS) is 14.6. The van der Waals surface area contributed by atoms with Crippen molar-refractivity contribution >= 4 is 17.6 Å². The average Bonchev–Trinajstić information content (AvgIpc) is 3.42. The van der Waals surface area contributed by atoms with Crippen molar-refractivity contribution < 1.29 is 23.8 Å². The zero-order valence-electron chi connectivity index (χ0n) is 24.5. The van der Waals surface area contributed by atoms with Crippen LogP contribution in [0.5, 0.6) is 11.5 Å². The molecule has 1 aromatic heterocycles. The maximum atomic E-state index is 14.7. The lowest BCUT2D eigenvalue weighted by Gasteiger charge is -2.21. The highest BCUT2D eigenvalue weighted by Gasteiger charge is 2.28. The summed E-state index contributed by atoms with van der Waals surface area (Å²) in [5.74, 6) is -0.131. The topological polar surface area (TPSA) is 104 Å². The molecule has 0 spiro atoms. The summed E-state index contributed by atoms with van der Waals surface area (Å²) in [7, 11) is 0. The minimum atomic E-state index is -0.929. The summed E-state index contributed by atoms with van der Waals surface area (Å²) in [6, 6.07) is 19.1. The molecule has 0 saturated carbocycles. The summed E-state index contributed by atoms with van der Waals surface area (Å²) in [4.78, 5) is 16.0. The molecule has 2 atom stereocenters. The molecule has 0 radical (unpaired) electrons. The molecule has 0 fully saturated rings. The van der Waals surface area contributed by atoms with E-state index >= 15 is 0 Å². The van der Waals surface area contributed by atoms with E-state index in [-0.39, 0.29) is 31.0 Å². The van der Waals surface area contributed by atoms with Crippen molar-refractivity contribution in [2.24, 2.45) is 5.92 Å². The Balaban J connectivity index is 1.43. The third-order valence-electron chi connectivity index (χ3n) is 7.63. The van der Waals surface area contributed by atoms with Gasteiger partial charge in [0.1, 0.15) is 42.1 Å². The molecular weight excluding hydrogens is 581 g/mol. The number of aromatic nitrogens is 1. The van der Waals surface area contributed by atoms with Crippen LogP contribution < -0.4 is 14.8 Å². The summed E-state index contributed by atoms with van der Waals surface area (Å²) in [5, 5.41) is 22.4. The van der Waals surface area contributed by atoms with Gasteiger partial charge in [0.15, 0.2) is 0 Å². The van der Waals surface area contributed by atoms with Gasteiger partial charge in [0.2, 0.25) is 0 Å². The van der Waals surface area contributed by atoms with Gasteiger partial charge in [-0.15, -0.1) is 0 Å². The molecule has 7 nitrogen and oxygen atoms in total. The number of nitrogens with zero attached hydrogens (tertiary/aromatic N) is 2. The van der Waals surface area contributed by atoms with Gasteiger partial charge in [0, 0.05) is 41.7 Å². The predicted octanol–water partition coefficient (Wildman–Crippen LogP) is 7.65. The first-order chi connectivity index (χ1) is 21.2. The number of carbonyl (C=O) groups is 1. The Hall–Kier alpha value is -4.45. The van der Waals surface area contributed by atoms with E-state index in [1.807, 2.05) is 38.1 Å². The van der Waals surface area contributed by atoms with Crippen LogP contribution in [0.4, 0.5) is 4.39 Å². The van der Waals surface area contributed by atoms with Crippen molar-refractivity contribution in [2.75, 3.05) is 0 Å². The third-order valence-corrected chi connectivity index (χ3v) is 7.92. The van der Waals surface area contributed by atoms with Gasteiger partial charge in [-0.1, -0.05) is 61.8 Å². The van der Waals surface area contributed by atoms with E-state index in [0.29, 0.717) is 51.6 Å². The van der Waals surface area contributed by atoms with Crippen molar-refractivity contribution in [3.63, 3.8) is 0 Å². The predicted molar refractivity (Wildman–Crippen MR) is 166 cm³/mol. The van der Waals surface area contributed by atoms with Gasteiger partial charge in [0.05, 0.1) is 10.6 Å². The van der Waals surface area contributed by atoms with E-state index in [1.54, 1.807) is 36.5 Å². The van der Waals surface area contributed by atoms with Crippen LogP contribution >= 0.6 is 11.6 Å². The quantitative estimate of drug-likeness (QED) is 0.169. The van der Waals surface area contributed by atoms with Crippen LogP contribution in [0.15, 0.2) is 73.1 Å². The summed E-state index contributed by atoms with van der Waals surface area (Å²) >= 11 is 6.75. The number of nitriles is 1. The molecule has 0 amide bonds. The second-order valence-corrected chi connectivity index (χ2v) is 11.7. The minimum absolute atomic E-state index is 0.128. The minimum Gasteiger partial charge on any atom is -0.488 e. The Bertz CT molecular complexity index is 1700. The van der Waals surface area contributed by atoms with Gasteiger partial charge in [-0.3, -0.25) is 9.78 Å². The average molecular weight is 614 g/mol. The number of carboxylic acid groups (broad SMARTS) is 1. The van der Waals surface area contributed by atoms with Crippen LogP contribution in [0.1, 0.15) is 60.6 Å². The van der Waals surface area contributed by atoms with Gasteiger partial charge in [0.25, 0.3) is 0 Å². The Morgan fingerprint density at radius 2 is 1.93 bits per heavy atom. The molecule has 1 aliphatic carbocycles. The number of aliphatic carboxylic acids is 1. The highest BCUT2D eigenvalue weighted by atomic mass is 35.5. The van der Waals surface area contributed by atoms with Crippen LogP contribution in [0.3, 0.4) is 0 Å². The second-order valence-electron chi connectivity index (χ2n) is 11.3. The zero-order chi connectivity index (χ0) is 31.2. The first-order valence-corrected chi connectivity index (χ1v) is 14.9. The SMILES string of the molecule is CC(C)C[C@H](NCc1cc(Cl)c(O[C@H]2CCc3c(-c4ccccc4F)cccc32)cc1OCc1cncc(C#N)c1)C(=O)O. The van der Waals surface area contributed by atoms with Crippen LogP contribution in [0.25, 0.3) is 11.1 Å². The van der Waals surface area contributed by atoms with E-state index in [9.17, 15) is 19.6 Å². The number of benzene rings is 3. The summed E-state index contributed by atoms with van der Waals surface area (Å²) in [5.41, 5.74) is 5.22. The van der Waals surface area contributed by atoms with Crippen LogP contribution in [0, 0.1) is 23.1 Å². The van der Waals surface area contributed by atoms with E-state index < -0.39 is 12.0 Å². The smallest absolute Gasteiger partial charge is 0.320 e. The van der Waals surface area contributed by atoms with E-state index in [4.69, 9.17) is 21.1 Å². The van der Waals surface area contributed by atoms with E-state index in [1.165, 1.54) is 12.3 Å². The number of fused-ring (bicyclic) bond motifs is 1. The van der Waals surface area contributed by atoms with E-state index in [0.717, 1.165) is 23.1 Å². The summed E-state index contributed by atoms with van der Waals surface area (Å²) < 4.78 is 27.3. The molecule has 0 bridgehead atoms. The standard InChI is InChI=1S/C35H33ClFN3O4/c1-21(2)12-31(35(41)42)40-19-24-14-29(36)34(15-33(24)43-20-23-13-22(16-38)17-39-18-23)44-32-11-10-26-25(7-5-8-28(26)32)27-6-3-4-9-30(27)37/h3-9,13-15,17-18,21,31-32,40H,10-12,19-20H2,1-2H3,(H,41,42)/t31-,32-/m0/s1. The maximum Gasteiger partial charge on any atom is 0.320 e. The van der Waals surface area contributed by atoms with Crippen LogP contribution in [0.2, 0.25) is 5.02 Å². The molecule has 4 aromatic rings. The van der Waals surface area contributed by atoms with Gasteiger partial charge in [-0.25, -0.2) is 4.39 Å². The molecule has 3 aromatic carbocycles. The maximum absolute atomic E-state index is 14.7. The third kappa shape index (κ3) is 7.19. The fourth-order valence-corrected chi connectivity index (χ4v) is 5.76. The molecule has 0 aliphatic heterocycles. The zero-order valence-corrected chi connectivity index (χ0v) is 25.3. The molecule has 0 unspecified atom stereocenters. The Labute approximate surface area is 261 Å². The van der Waals surface area contributed by atoms with Crippen molar-refractivity contribution in [1.29, 1.82) is 5.26 Å². The lowest BCUT2D eigenvalue weighted by atomic mass is 9.96. The molecule has 9 heteroatoms. The van der Waals surface area contributed by atoms with Crippen LogP contribution in [-0.4, -0.2) is 22.1 Å². The van der Waals surface area contributed by atoms with Crippen molar-refractivity contribution in [1.82, 2.24) is 10.3 Å². The molecule has 1 heterocycles. The van der Waals surface area contributed by atoms with Gasteiger partial charge >= 0.3 is 5.97 Å². The number of nitrogens with one attached hydrogen (secondary N) is 1. The fourth-order valence-electron chi connectivity index (χ4n) is 5.53. The number of halogens is 2. The number of carboxylic acids is 1. The lowest BCUT2D eigenvalue weighted by molar-refractivity contribution is -0.140. The van der Waals surface area contributed by atoms with Gasteiger partial charge < -0.3 is 19.9 Å². The lowest BCUT2D eigenvalue weighted by Crippen LogP contribution is -2.37. The highest BCUT2D eigenvalue weighted by molar-refractivity contribution is 6.32. The fraction of sp³-hybridized carbons (Fsp3) is 0.286. The summed E-state index contributed by atoms with van der Waals surface area (Å²) in [6.45, 7) is 4.27. The number of hydrogen-bond donors (Lipinski definition) is 2. The highest BCUT2D eigenvalue weighted by Crippen LogP contribution is 2.43. The van der Waals surface area contributed by atoms with Crippen molar-refractivity contribution in [3.05, 3.63) is 112 Å². The first-order valence-electron chi connectivity index (χ1n) is 14.5. The van der Waals surface area contributed by atoms with E-state index in [2.05, 4.69) is 16.4 Å². The number of ether oxygens (including phenoxy) is 2. The van der Waals surface area contributed by atoms with Gasteiger partial charge in [-0.2, -0.15) is 5.26 Å². The van der Waals surface area contributed by atoms with Crippen molar-refractivity contribution in [2.45, 2.75) is 58.4 Å². The van der Waals surface area contributed by atoms with Crippen LogP contribution in [-0.2, 0) is 24.4 Å². The number of rotatable bonds is 12. The molecule has 0 saturated heterocycles. The number of hydrogen-bond acceptors (Lipinski definition) is 6. The molecule has 44 heavy (non-hydrogen) atoms. The van der Waals surface area contributed by atoms with Gasteiger partial charge in [-0.05, 0) is 60.1 Å². The summed E-state index contributed by atoms with van der Waals surface area (Å²) in [6.07, 6.45) is 4.68. The molecule has 226 valence electrons. The molecular formula is C35H33ClFN3O4.